The average molecular weight is 324 g/mol. The molecule has 22 heavy (non-hydrogen) atoms. The zero-order valence-electron chi connectivity index (χ0n) is 13.2. The van der Waals surface area contributed by atoms with Crippen LogP contribution in [0.25, 0.3) is 0 Å². The Labute approximate surface area is 135 Å². The molecule has 0 aliphatic carbocycles. The van der Waals surface area contributed by atoms with Crippen LogP contribution in [0.3, 0.4) is 0 Å². The van der Waals surface area contributed by atoms with Gasteiger partial charge in [0.05, 0.1) is 24.8 Å². The first-order valence-corrected chi connectivity index (χ1v) is 8.80. The van der Waals surface area contributed by atoms with Crippen molar-refractivity contribution in [2.24, 2.45) is 0 Å². The maximum atomic E-state index is 12.2. The second kappa shape index (κ2) is 6.42. The quantitative estimate of drug-likeness (QED) is 0.895. The molecule has 0 bridgehead atoms. The van der Waals surface area contributed by atoms with E-state index in [2.05, 4.69) is 15.6 Å². The number of thiazole rings is 1. The van der Waals surface area contributed by atoms with E-state index >= 15 is 0 Å². The third-order valence-corrected chi connectivity index (χ3v) is 4.91. The highest BCUT2D eigenvalue weighted by atomic mass is 32.1. The fourth-order valence-corrected chi connectivity index (χ4v) is 3.91. The van der Waals surface area contributed by atoms with Gasteiger partial charge in [0.25, 0.3) is 0 Å². The van der Waals surface area contributed by atoms with E-state index < -0.39 is 0 Å². The summed E-state index contributed by atoms with van der Waals surface area (Å²) in [5.74, 6) is 0. The van der Waals surface area contributed by atoms with Crippen LogP contribution in [0.15, 0.2) is 11.6 Å². The maximum absolute atomic E-state index is 12.2. The number of hydrogen-bond acceptors (Lipinski definition) is 5. The molecule has 2 atom stereocenters. The smallest absolute Gasteiger partial charge is 0.317 e. The first-order chi connectivity index (χ1) is 10.6. The molecule has 3 rings (SSSR count). The van der Waals surface area contributed by atoms with Crippen LogP contribution in [0.1, 0.15) is 33.1 Å². The van der Waals surface area contributed by atoms with Crippen molar-refractivity contribution in [1.82, 2.24) is 15.2 Å². The molecular formula is C15H24N4O2S. The average Bonchev–Trinajstić information content (AvgIpc) is 3.10. The SMILES string of the molecule is CC(C)NC(=O)N1CCC[C@@]2(C[C@@H](Nc3nccs3)CO2)C1. The van der Waals surface area contributed by atoms with Crippen molar-refractivity contribution in [1.29, 1.82) is 0 Å². The maximum Gasteiger partial charge on any atom is 0.317 e. The number of nitrogens with one attached hydrogen (secondary N) is 2. The van der Waals surface area contributed by atoms with Gasteiger partial charge in [-0.2, -0.15) is 0 Å². The molecule has 0 unspecified atom stereocenters. The van der Waals surface area contributed by atoms with E-state index in [1.165, 1.54) is 0 Å². The topological polar surface area (TPSA) is 66.5 Å². The summed E-state index contributed by atoms with van der Waals surface area (Å²) in [6.45, 7) is 6.14. The molecular weight excluding hydrogens is 300 g/mol. The first-order valence-electron chi connectivity index (χ1n) is 7.92. The second-order valence-corrected chi connectivity index (χ2v) is 7.40. The van der Waals surface area contributed by atoms with E-state index in [0.717, 1.165) is 30.9 Å². The lowest BCUT2D eigenvalue weighted by atomic mass is 9.89. The minimum atomic E-state index is -0.193. The van der Waals surface area contributed by atoms with Crippen molar-refractivity contribution in [3.63, 3.8) is 0 Å². The van der Waals surface area contributed by atoms with Crippen LogP contribution < -0.4 is 10.6 Å². The Morgan fingerprint density at radius 1 is 1.59 bits per heavy atom. The van der Waals surface area contributed by atoms with Crippen LogP contribution in [0.5, 0.6) is 0 Å². The largest absolute Gasteiger partial charge is 0.371 e. The van der Waals surface area contributed by atoms with Crippen molar-refractivity contribution < 1.29 is 9.53 Å². The summed E-state index contributed by atoms with van der Waals surface area (Å²) < 4.78 is 6.12. The van der Waals surface area contributed by atoms with Crippen molar-refractivity contribution in [2.75, 3.05) is 25.0 Å². The van der Waals surface area contributed by atoms with Gasteiger partial charge in [-0.25, -0.2) is 9.78 Å². The van der Waals surface area contributed by atoms with Gasteiger partial charge >= 0.3 is 6.03 Å². The summed E-state index contributed by atoms with van der Waals surface area (Å²) in [7, 11) is 0. The molecule has 1 aromatic heterocycles. The molecule has 2 aliphatic rings. The number of ether oxygens (including phenoxy) is 1. The molecule has 6 nitrogen and oxygen atoms in total. The van der Waals surface area contributed by atoms with Crippen LogP contribution >= 0.6 is 11.3 Å². The van der Waals surface area contributed by atoms with E-state index in [4.69, 9.17) is 4.74 Å². The second-order valence-electron chi connectivity index (χ2n) is 6.51. The summed E-state index contributed by atoms with van der Waals surface area (Å²) in [4.78, 5) is 18.4. The molecule has 122 valence electrons. The minimum absolute atomic E-state index is 0.0222. The van der Waals surface area contributed by atoms with Gasteiger partial charge in [0, 0.05) is 30.6 Å². The number of aromatic nitrogens is 1. The van der Waals surface area contributed by atoms with Gasteiger partial charge in [0.2, 0.25) is 0 Å². The Morgan fingerprint density at radius 2 is 2.45 bits per heavy atom. The van der Waals surface area contributed by atoms with E-state index in [1.54, 1.807) is 17.5 Å². The highest BCUT2D eigenvalue weighted by Crippen LogP contribution is 2.36. The zero-order valence-corrected chi connectivity index (χ0v) is 14.0. The van der Waals surface area contributed by atoms with Gasteiger partial charge in [-0.15, -0.1) is 11.3 Å². The number of urea groups is 1. The van der Waals surface area contributed by atoms with Crippen molar-refractivity contribution in [3.05, 3.63) is 11.6 Å². The third-order valence-electron chi connectivity index (χ3n) is 4.21. The summed E-state index contributed by atoms with van der Waals surface area (Å²) in [5.41, 5.74) is -0.193. The minimum Gasteiger partial charge on any atom is -0.371 e. The zero-order chi connectivity index (χ0) is 15.6. The molecule has 2 N–H and O–H groups in total. The molecule has 2 aliphatic heterocycles. The van der Waals surface area contributed by atoms with Gasteiger partial charge in [0.1, 0.15) is 0 Å². The number of amides is 2. The molecule has 3 heterocycles. The Bertz CT molecular complexity index is 508. The normalized spacial score (nSPS) is 28.3. The number of nitrogens with zero attached hydrogens (tertiary/aromatic N) is 2. The number of carbonyl (C=O) groups excluding carboxylic acids is 1. The fraction of sp³-hybridized carbons (Fsp3) is 0.733. The lowest BCUT2D eigenvalue weighted by Gasteiger charge is -2.39. The molecule has 1 spiro atoms. The Kier molecular flexibility index (Phi) is 4.54. The van der Waals surface area contributed by atoms with Gasteiger partial charge in [-0.05, 0) is 26.7 Å². The van der Waals surface area contributed by atoms with Crippen molar-refractivity contribution in [3.8, 4) is 0 Å². The van der Waals surface area contributed by atoms with E-state index in [1.807, 2.05) is 24.1 Å². The lowest BCUT2D eigenvalue weighted by molar-refractivity contribution is -0.0410. The molecule has 2 amide bonds. The van der Waals surface area contributed by atoms with Crippen LogP contribution in [0.2, 0.25) is 0 Å². The number of hydrogen-bond donors (Lipinski definition) is 2. The molecule has 1 aromatic rings. The fourth-order valence-electron chi connectivity index (χ4n) is 3.30. The van der Waals surface area contributed by atoms with Gasteiger partial charge in [-0.3, -0.25) is 0 Å². The highest BCUT2D eigenvalue weighted by molar-refractivity contribution is 7.13. The van der Waals surface area contributed by atoms with Crippen LogP contribution in [0, 0.1) is 0 Å². The molecule has 0 radical (unpaired) electrons. The van der Waals surface area contributed by atoms with E-state index in [0.29, 0.717) is 13.2 Å². The van der Waals surface area contributed by atoms with E-state index in [-0.39, 0.29) is 23.7 Å². The van der Waals surface area contributed by atoms with Crippen LogP contribution in [-0.2, 0) is 4.74 Å². The summed E-state index contributed by atoms with van der Waals surface area (Å²) >= 11 is 1.60. The first kappa shape index (κ1) is 15.6. The standard InChI is InChI=1S/C15H24N4O2S/c1-11(2)17-14(20)19-6-3-4-15(10-19)8-12(9-21-15)18-13-16-5-7-22-13/h5,7,11-12H,3-4,6,8-10H2,1-2H3,(H,16,18)(H,17,20)/t12-,15-/m1/s1. The lowest BCUT2D eigenvalue weighted by Crippen LogP contribution is -2.54. The third kappa shape index (κ3) is 3.52. The molecule has 0 aromatic carbocycles. The Balaban J connectivity index is 1.58. The molecule has 0 saturated carbocycles. The monoisotopic (exact) mass is 324 g/mol. The van der Waals surface area contributed by atoms with Crippen LogP contribution in [-0.4, -0.2) is 53.3 Å². The summed E-state index contributed by atoms with van der Waals surface area (Å²) in [6, 6.07) is 0.461. The molecule has 2 saturated heterocycles. The Morgan fingerprint density at radius 3 is 3.18 bits per heavy atom. The number of rotatable bonds is 3. The van der Waals surface area contributed by atoms with Gasteiger partial charge in [0.15, 0.2) is 5.13 Å². The van der Waals surface area contributed by atoms with E-state index in [9.17, 15) is 4.79 Å². The summed E-state index contributed by atoms with van der Waals surface area (Å²) in [5, 5.41) is 9.31. The predicted molar refractivity (Wildman–Crippen MR) is 87.3 cm³/mol. The predicted octanol–water partition coefficient (Wildman–Crippen LogP) is 2.30. The highest BCUT2D eigenvalue weighted by Gasteiger charge is 2.44. The number of carbonyl (C=O) groups is 1. The number of piperidine rings is 1. The molecule has 2 fully saturated rings. The van der Waals surface area contributed by atoms with Gasteiger partial charge < -0.3 is 20.3 Å². The van der Waals surface area contributed by atoms with Crippen molar-refractivity contribution in [2.45, 2.75) is 50.8 Å². The Hall–Kier alpha value is -1.34. The number of likely N-dealkylation sites (tertiary alicyclic amines) is 1. The molecule has 7 heteroatoms. The van der Waals surface area contributed by atoms with Crippen molar-refractivity contribution >= 4 is 22.5 Å². The van der Waals surface area contributed by atoms with Crippen LogP contribution in [0.4, 0.5) is 9.93 Å². The van der Waals surface area contributed by atoms with Gasteiger partial charge in [-0.1, -0.05) is 0 Å². The summed E-state index contributed by atoms with van der Waals surface area (Å²) in [6.07, 6.45) is 4.75. The number of anilines is 1.